The topological polar surface area (TPSA) is 24.9 Å². The van der Waals surface area contributed by atoms with E-state index in [1.54, 1.807) is 11.3 Å². The van der Waals surface area contributed by atoms with Crippen LogP contribution in [-0.4, -0.2) is 11.5 Å². The third-order valence-corrected chi connectivity index (χ3v) is 5.52. The van der Waals surface area contributed by atoms with E-state index < -0.39 is 0 Å². The number of fused-ring (bicyclic) bond motifs is 1. The van der Waals surface area contributed by atoms with E-state index in [0.29, 0.717) is 0 Å². The molecule has 19 heavy (non-hydrogen) atoms. The predicted molar refractivity (Wildman–Crippen MR) is 82.1 cm³/mol. The van der Waals surface area contributed by atoms with E-state index in [1.165, 1.54) is 30.4 Å². The standard InChI is InChI=1S/C15H17ClN2S/c16-11-5-6-14-13(7-11)18-15(19-14)17-8-12(9-1-2-9)10-3-4-10/h5-7,9-10,12H,1-4,8H2,(H,17,18). The normalized spacial score (nSPS) is 19.3. The number of thiazole rings is 1. The molecule has 0 atom stereocenters. The third kappa shape index (κ3) is 2.59. The van der Waals surface area contributed by atoms with Crippen LogP contribution in [-0.2, 0) is 0 Å². The van der Waals surface area contributed by atoms with Crippen molar-refractivity contribution in [1.29, 1.82) is 0 Å². The third-order valence-electron chi connectivity index (χ3n) is 4.29. The zero-order valence-electron chi connectivity index (χ0n) is 10.7. The molecule has 0 amide bonds. The van der Waals surface area contributed by atoms with Crippen LogP contribution in [0.5, 0.6) is 0 Å². The summed E-state index contributed by atoms with van der Waals surface area (Å²) in [6.07, 6.45) is 5.77. The van der Waals surface area contributed by atoms with Crippen molar-refractivity contribution in [3.05, 3.63) is 23.2 Å². The van der Waals surface area contributed by atoms with Crippen LogP contribution < -0.4 is 5.32 Å². The second kappa shape index (κ2) is 4.64. The smallest absolute Gasteiger partial charge is 0.183 e. The molecule has 2 fully saturated rings. The first-order valence-corrected chi connectivity index (χ1v) is 8.29. The molecule has 2 aromatic rings. The summed E-state index contributed by atoms with van der Waals surface area (Å²) in [4.78, 5) is 4.63. The fourth-order valence-corrected chi connectivity index (χ4v) is 3.97. The number of halogens is 1. The lowest BCUT2D eigenvalue weighted by Crippen LogP contribution is -2.18. The Balaban J connectivity index is 1.48. The number of hydrogen-bond acceptors (Lipinski definition) is 3. The van der Waals surface area contributed by atoms with Gasteiger partial charge in [0.2, 0.25) is 0 Å². The highest BCUT2D eigenvalue weighted by Crippen LogP contribution is 2.49. The molecule has 2 saturated carbocycles. The van der Waals surface area contributed by atoms with Gasteiger partial charge in [0.15, 0.2) is 5.13 Å². The van der Waals surface area contributed by atoms with Crippen LogP contribution in [0.25, 0.3) is 10.2 Å². The van der Waals surface area contributed by atoms with Crippen LogP contribution in [0.3, 0.4) is 0 Å². The predicted octanol–water partition coefficient (Wildman–Crippen LogP) is 4.80. The summed E-state index contributed by atoms with van der Waals surface area (Å²) < 4.78 is 1.21. The minimum atomic E-state index is 0.762. The highest BCUT2D eigenvalue weighted by molar-refractivity contribution is 7.22. The first-order chi connectivity index (χ1) is 9.29. The van der Waals surface area contributed by atoms with Crippen molar-refractivity contribution in [2.45, 2.75) is 25.7 Å². The van der Waals surface area contributed by atoms with Gasteiger partial charge in [0.25, 0.3) is 0 Å². The summed E-state index contributed by atoms with van der Waals surface area (Å²) in [5.41, 5.74) is 1.01. The van der Waals surface area contributed by atoms with Crippen LogP contribution >= 0.6 is 22.9 Å². The molecule has 0 bridgehead atoms. The van der Waals surface area contributed by atoms with E-state index >= 15 is 0 Å². The lowest BCUT2D eigenvalue weighted by molar-refractivity contribution is 0.428. The number of hydrogen-bond donors (Lipinski definition) is 1. The van der Waals surface area contributed by atoms with Crippen molar-refractivity contribution >= 4 is 38.3 Å². The van der Waals surface area contributed by atoms with Crippen LogP contribution in [0.4, 0.5) is 5.13 Å². The highest BCUT2D eigenvalue weighted by Gasteiger charge is 2.41. The maximum atomic E-state index is 6.00. The Kier molecular flexibility index (Phi) is 2.92. The molecule has 4 heteroatoms. The zero-order chi connectivity index (χ0) is 12.8. The second-order valence-corrected chi connectivity index (χ2v) is 7.32. The monoisotopic (exact) mass is 292 g/mol. The average Bonchev–Trinajstić information content (AvgIpc) is 3.28. The van der Waals surface area contributed by atoms with E-state index in [0.717, 1.165) is 40.0 Å². The van der Waals surface area contributed by atoms with Gasteiger partial charge in [-0.1, -0.05) is 22.9 Å². The van der Waals surface area contributed by atoms with E-state index in [4.69, 9.17) is 11.6 Å². The lowest BCUT2D eigenvalue weighted by Gasteiger charge is -2.15. The van der Waals surface area contributed by atoms with Gasteiger partial charge in [0, 0.05) is 11.6 Å². The fourth-order valence-electron chi connectivity index (χ4n) is 2.95. The Labute approximate surface area is 122 Å². The Morgan fingerprint density at radius 1 is 1.26 bits per heavy atom. The van der Waals surface area contributed by atoms with Gasteiger partial charge in [-0.3, -0.25) is 0 Å². The Bertz CT molecular complexity index is 589. The van der Waals surface area contributed by atoms with Crippen molar-refractivity contribution in [3.63, 3.8) is 0 Å². The van der Waals surface area contributed by atoms with E-state index in [2.05, 4.69) is 16.4 Å². The van der Waals surface area contributed by atoms with E-state index in [-0.39, 0.29) is 0 Å². The second-order valence-electron chi connectivity index (χ2n) is 5.85. The largest absolute Gasteiger partial charge is 0.361 e. The number of nitrogens with one attached hydrogen (secondary N) is 1. The van der Waals surface area contributed by atoms with Gasteiger partial charge < -0.3 is 5.32 Å². The summed E-state index contributed by atoms with van der Waals surface area (Å²) in [7, 11) is 0. The quantitative estimate of drug-likeness (QED) is 0.856. The molecule has 2 nitrogen and oxygen atoms in total. The molecule has 1 aromatic carbocycles. The summed E-state index contributed by atoms with van der Waals surface area (Å²) in [6.45, 7) is 1.10. The van der Waals surface area contributed by atoms with Crippen LogP contribution in [0, 0.1) is 17.8 Å². The molecule has 2 aliphatic rings. The fraction of sp³-hybridized carbons (Fsp3) is 0.533. The molecule has 0 aliphatic heterocycles. The first-order valence-electron chi connectivity index (χ1n) is 7.09. The van der Waals surface area contributed by atoms with Crippen molar-refractivity contribution in [2.75, 3.05) is 11.9 Å². The maximum absolute atomic E-state index is 6.00. The molecule has 100 valence electrons. The molecule has 0 radical (unpaired) electrons. The average molecular weight is 293 g/mol. The minimum absolute atomic E-state index is 0.762. The first kappa shape index (κ1) is 12.0. The van der Waals surface area contributed by atoms with E-state index in [1.807, 2.05) is 12.1 Å². The van der Waals surface area contributed by atoms with Gasteiger partial charge in [-0.25, -0.2) is 4.98 Å². The zero-order valence-corrected chi connectivity index (χ0v) is 12.3. The lowest BCUT2D eigenvalue weighted by atomic mass is 9.98. The molecule has 1 aromatic heterocycles. The summed E-state index contributed by atoms with van der Waals surface area (Å²) in [5.74, 6) is 2.86. The summed E-state index contributed by atoms with van der Waals surface area (Å²) >= 11 is 7.73. The van der Waals surface area contributed by atoms with Crippen molar-refractivity contribution < 1.29 is 0 Å². The summed E-state index contributed by atoms with van der Waals surface area (Å²) in [5, 5.41) is 5.37. The Morgan fingerprint density at radius 3 is 2.68 bits per heavy atom. The van der Waals surface area contributed by atoms with Crippen molar-refractivity contribution in [1.82, 2.24) is 4.98 Å². The Hall–Kier alpha value is -0.800. The number of anilines is 1. The summed E-state index contributed by atoms with van der Waals surface area (Å²) in [6, 6.07) is 5.93. The van der Waals surface area contributed by atoms with E-state index in [9.17, 15) is 0 Å². The molecule has 4 rings (SSSR count). The van der Waals surface area contributed by atoms with Crippen LogP contribution in [0.1, 0.15) is 25.7 Å². The molecular formula is C15H17ClN2S. The number of benzene rings is 1. The molecule has 0 saturated heterocycles. The molecule has 0 spiro atoms. The van der Waals surface area contributed by atoms with Crippen molar-refractivity contribution in [2.24, 2.45) is 17.8 Å². The van der Waals surface area contributed by atoms with Gasteiger partial charge in [0.05, 0.1) is 10.2 Å². The molecular weight excluding hydrogens is 276 g/mol. The molecule has 1 N–H and O–H groups in total. The van der Waals surface area contributed by atoms with Gasteiger partial charge in [0.1, 0.15) is 0 Å². The number of rotatable bonds is 5. The van der Waals surface area contributed by atoms with Crippen LogP contribution in [0.15, 0.2) is 18.2 Å². The maximum Gasteiger partial charge on any atom is 0.183 e. The number of aromatic nitrogens is 1. The van der Waals surface area contributed by atoms with Gasteiger partial charge in [-0.05, 0) is 61.6 Å². The van der Waals surface area contributed by atoms with Gasteiger partial charge in [-0.2, -0.15) is 0 Å². The molecule has 1 heterocycles. The number of nitrogens with zero attached hydrogens (tertiary/aromatic N) is 1. The molecule has 0 unspecified atom stereocenters. The SMILES string of the molecule is Clc1ccc2sc(NCC(C3CC3)C3CC3)nc2c1. The van der Waals surface area contributed by atoms with Crippen molar-refractivity contribution in [3.8, 4) is 0 Å². The highest BCUT2D eigenvalue weighted by atomic mass is 35.5. The van der Waals surface area contributed by atoms with Gasteiger partial charge >= 0.3 is 0 Å². The van der Waals surface area contributed by atoms with Crippen LogP contribution in [0.2, 0.25) is 5.02 Å². The minimum Gasteiger partial charge on any atom is -0.361 e. The van der Waals surface area contributed by atoms with Gasteiger partial charge in [-0.15, -0.1) is 0 Å². The molecule has 2 aliphatic carbocycles. The Morgan fingerprint density at radius 2 is 2.00 bits per heavy atom.